The fourth-order valence-electron chi connectivity index (χ4n) is 1.34. The monoisotopic (exact) mass is 287 g/mol. The minimum atomic E-state index is -0.556. The normalized spacial score (nSPS) is 12.8. The van der Waals surface area contributed by atoms with Gasteiger partial charge in [0.05, 0.1) is 11.0 Å². The molecule has 0 aromatic heterocycles. The smallest absolute Gasteiger partial charge is 0.273 e. The van der Waals surface area contributed by atoms with Gasteiger partial charge >= 0.3 is 0 Å². The lowest BCUT2D eigenvalue weighted by molar-refractivity contribution is -0.385. The van der Waals surface area contributed by atoms with Crippen molar-refractivity contribution in [1.82, 2.24) is 0 Å². The Morgan fingerprint density at radius 1 is 1.50 bits per heavy atom. The third kappa shape index (κ3) is 3.28. The second-order valence-corrected chi connectivity index (χ2v) is 4.96. The van der Waals surface area contributed by atoms with Gasteiger partial charge in [0.2, 0.25) is 0 Å². The highest BCUT2D eigenvalue weighted by Crippen LogP contribution is 2.25. The van der Waals surface area contributed by atoms with Crippen LogP contribution in [-0.4, -0.2) is 16.1 Å². The van der Waals surface area contributed by atoms with Crippen molar-refractivity contribution in [2.75, 3.05) is 0 Å². The number of aliphatic hydroxyl groups excluding tert-OH is 1. The van der Waals surface area contributed by atoms with Crippen LogP contribution in [0.25, 0.3) is 0 Å². The van der Waals surface area contributed by atoms with Crippen LogP contribution >= 0.6 is 15.9 Å². The minimum absolute atomic E-state index is 0.0501. The highest BCUT2D eigenvalue weighted by atomic mass is 79.9. The van der Waals surface area contributed by atoms with Gasteiger partial charge in [0.1, 0.15) is 0 Å². The molecule has 0 saturated carbocycles. The number of rotatable bonds is 4. The lowest BCUT2D eigenvalue weighted by Crippen LogP contribution is -2.18. The lowest BCUT2D eigenvalue weighted by Gasteiger charge is -2.14. The van der Waals surface area contributed by atoms with Crippen LogP contribution in [-0.2, 0) is 6.42 Å². The number of nitrogens with zero attached hydrogens (tertiary/aromatic N) is 1. The third-order valence-corrected chi connectivity index (χ3v) is 2.94. The molecule has 1 unspecified atom stereocenters. The van der Waals surface area contributed by atoms with E-state index in [9.17, 15) is 15.2 Å². The molecule has 0 saturated heterocycles. The summed E-state index contributed by atoms with van der Waals surface area (Å²) in [6, 6.07) is 4.88. The van der Waals surface area contributed by atoms with Crippen LogP contribution in [0.3, 0.4) is 0 Å². The van der Waals surface area contributed by atoms with Crippen molar-refractivity contribution in [3.05, 3.63) is 38.3 Å². The Morgan fingerprint density at radius 2 is 2.12 bits per heavy atom. The average Bonchev–Trinajstić information content (AvgIpc) is 2.20. The van der Waals surface area contributed by atoms with Gasteiger partial charge in [-0.05, 0) is 12.0 Å². The Hall–Kier alpha value is -0.940. The molecule has 0 radical (unpaired) electrons. The standard InChI is InChI=1S/C11H14BrNO3/c1-7(2)11(14)5-8-3-4-9(12)6-10(8)13(15)16/h3-4,6-7,11,14H,5H2,1-2H3. The first-order valence-corrected chi connectivity index (χ1v) is 5.82. The van der Waals surface area contributed by atoms with E-state index >= 15 is 0 Å². The summed E-state index contributed by atoms with van der Waals surface area (Å²) in [5, 5.41) is 20.5. The predicted molar refractivity (Wildman–Crippen MR) is 65.3 cm³/mol. The molecule has 16 heavy (non-hydrogen) atoms. The van der Waals surface area contributed by atoms with Crippen molar-refractivity contribution in [3.8, 4) is 0 Å². The molecule has 0 aliphatic rings. The lowest BCUT2D eigenvalue weighted by atomic mass is 9.98. The Kier molecular flexibility index (Phi) is 4.44. The van der Waals surface area contributed by atoms with E-state index in [1.165, 1.54) is 6.07 Å². The van der Waals surface area contributed by atoms with Crippen molar-refractivity contribution in [3.63, 3.8) is 0 Å². The third-order valence-electron chi connectivity index (χ3n) is 2.44. The molecular formula is C11H14BrNO3. The van der Waals surface area contributed by atoms with Gasteiger partial charge in [-0.1, -0.05) is 35.8 Å². The summed E-state index contributed by atoms with van der Waals surface area (Å²) in [5.74, 6) is 0.0863. The van der Waals surface area contributed by atoms with E-state index in [4.69, 9.17) is 0 Å². The van der Waals surface area contributed by atoms with Crippen molar-refractivity contribution in [2.45, 2.75) is 26.4 Å². The molecule has 88 valence electrons. The van der Waals surface area contributed by atoms with Crippen LogP contribution in [0.4, 0.5) is 5.69 Å². The summed E-state index contributed by atoms with van der Waals surface area (Å²) in [6.07, 6.45) is -0.249. The molecule has 0 bridgehead atoms. The molecular weight excluding hydrogens is 274 g/mol. The number of hydrogen-bond acceptors (Lipinski definition) is 3. The van der Waals surface area contributed by atoms with Gasteiger partial charge in [0, 0.05) is 22.5 Å². The average molecular weight is 288 g/mol. The minimum Gasteiger partial charge on any atom is -0.393 e. The number of hydrogen-bond donors (Lipinski definition) is 1. The van der Waals surface area contributed by atoms with E-state index < -0.39 is 11.0 Å². The summed E-state index contributed by atoms with van der Waals surface area (Å²) < 4.78 is 0.669. The summed E-state index contributed by atoms with van der Waals surface area (Å²) in [5.41, 5.74) is 0.614. The molecule has 0 aliphatic carbocycles. The maximum Gasteiger partial charge on any atom is 0.273 e. The van der Waals surface area contributed by atoms with Crippen LogP contribution in [0, 0.1) is 16.0 Å². The number of benzene rings is 1. The van der Waals surface area contributed by atoms with Gasteiger partial charge < -0.3 is 5.11 Å². The largest absolute Gasteiger partial charge is 0.393 e. The van der Waals surface area contributed by atoms with E-state index in [0.717, 1.165) is 0 Å². The van der Waals surface area contributed by atoms with Crippen molar-refractivity contribution in [2.24, 2.45) is 5.92 Å². The zero-order valence-corrected chi connectivity index (χ0v) is 10.8. The Bertz CT molecular complexity index is 393. The second kappa shape index (κ2) is 5.41. The maximum absolute atomic E-state index is 10.8. The topological polar surface area (TPSA) is 63.4 Å². The van der Waals surface area contributed by atoms with E-state index in [2.05, 4.69) is 15.9 Å². The molecule has 1 N–H and O–H groups in total. The first-order chi connectivity index (χ1) is 7.41. The van der Waals surface area contributed by atoms with Crippen LogP contribution in [0.1, 0.15) is 19.4 Å². The van der Waals surface area contributed by atoms with Crippen molar-refractivity contribution in [1.29, 1.82) is 0 Å². The number of nitro benzene ring substituents is 1. The zero-order chi connectivity index (χ0) is 12.3. The van der Waals surface area contributed by atoms with Crippen molar-refractivity contribution < 1.29 is 10.0 Å². The van der Waals surface area contributed by atoms with Gasteiger partial charge in [0.25, 0.3) is 5.69 Å². The molecule has 0 spiro atoms. The highest BCUT2D eigenvalue weighted by molar-refractivity contribution is 9.10. The van der Waals surface area contributed by atoms with Crippen LogP contribution in [0.2, 0.25) is 0 Å². The van der Waals surface area contributed by atoms with Crippen LogP contribution in [0.15, 0.2) is 22.7 Å². The molecule has 4 nitrogen and oxygen atoms in total. The van der Waals surface area contributed by atoms with Gasteiger partial charge in [-0.25, -0.2) is 0 Å². The molecule has 1 rings (SSSR count). The first kappa shape index (κ1) is 13.1. The molecule has 0 fully saturated rings. The first-order valence-electron chi connectivity index (χ1n) is 5.02. The summed E-state index contributed by atoms with van der Waals surface area (Å²) in [4.78, 5) is 10.4. The van der Waals surface area contributed by atoms with E-state index in [0.29, 0.717) is 16.5 Å². The molecule has 0 amide bonds. The fourth-order valence-corrected chi connectivity index (χ4v) is 1.69. The summed E-state index contributed by atoms with van der Waals surface area (Å²) in [6.45, 7) is 3.77. The van der Waals surface area contributed by atoms with E-state index in [1.54, 1.807) is 12.1 Å². The van der Waals surface area contributed by atoms with Gasteiger partial charge in [0.15, 0.2) is 0 Å². The van der Waals surface area contributed by atoms with E-state index in [-0.39, 0.29) is 11.6 Å². The molecule has 1 atom stereocenters. The molecule has 0 aliphatic heterocycles. The fraction of sp³-hybridized carbons (Fsp3) is 0.455. The SMILES string of the molecule is CC(C)C(O)Cc1ccc(Br)cc1[N+](=O)[O-]. The maximum atomic E-state index is 10.8. The number of aliphatic hydroxyl groups is 1. The number of halogens is 1. The molecule has 5 heteroatoms. The summed E-state index contributed by atoms with van der Waals surface area (Å²) in [7, 11) is 0. The number of nitro groups is 1. The Balaban J connectivity index is 2.99. The Labute approximate surface area is 103 Å². The second-order valence-electron chi connectivity index (χ2n) is 4.05. The van der Waals surface area contributed by atoms with Gasteiger partial charge in [-0.15, -0.1) is 0 Å². The quantitative estimate of drug-likeness (QED) is 0.684. The summed E-state index contributed by atoms with van der Waals surface area (Å²) >= 11 is 3.19. The van der Waals surface area contributed by atoms with Crippen LogP contribution < -0.4 is 0 Å². The van der Waals surface area contributed by atoms with Gasteiger partial charge in [-0.3, -0.25) is 10.1 Å². The molecule has 0 heterocycles. The van der Waals surface area contributed by atoms with E-state index in [1.807, 2.05) is 13.8 Å². The van der Waals surface area contributed by atoms with Crippen LogP contribution in [0.5, 0.6) is 0 Å². The highest BCUT2D eigenvalue weighted by Gasteiger charge is 2.18. The van der Waals surface area contributed by atoms with Crippen molar-refractivity contribution >= 4 is 21.6 Å². The zero-order valence-electron chi connectivity index (χ0n) is 9.18. The predicted octanol–water partition coefficient (Wildman–Crippen LogP) is 2.92. The Morgan fingerprint density at radius 3 is 2.62 bits per heavy atom. The molecule has 1 aromatic carbocycles. The molecule has 1 aromatic rings. The van der Waals surface area contributed by atoms with Gasteiger partial charge in [-0.2, -0.15) is 0 Å².